The van der Waals surface area contributed by atoms with Crippen molar-refractivity contribution in [2.45, 2.75) is 6.29 Å². The maximum Gasteiger partial charge on any atom is 0.586 e. The summed E-state index contributed by atoms with van der Waals surface area (Å²) in [7, 11) is 0. The number of benzene rings is 1. The van der Waals surface area contributed by atoms with Crippen LogP contribution >= 0.6 is 23.2 Å². The average Bonchev–Trinajstić information content (AvgIpc) is 2.82. The Bertz CT molecular complexity index is 892. The number of ether oxygens (including phenoxy) is 2. The summed E-state index contributed by atoms with van der Waals surface area (Å²) in [6, 6.07) is 2.24. The molecule has 0 saturated carbocycles. The van der Waals surface area contributed by atoms with Crippen LogP contribution in [0.15, 0.2) is 12.1 Å². The van der Waals surface area contributed by atoms with E-state index in [0.29, 0.717) is 0 Å². The summed E-state index contributed by atoms with van der Waals surface area (Å²) in [5.41, 5.74) is 3.01. The molecule has 126 valence electrons. The van der Waals surface area contributed by atoms with Gasteiger partial charge in [-0.3, -0.25) is 0 Å². The van der Waals surface area contributed by atoms with Crippen LogP contribution in [0, 0.1) is 5.82 Å². The molecule has 3 N–H and O–H groups in total. The number of hydrogen-bond donors (Lipinski definition) is 2. The molecule has 0 amide bonds. The zero-order valence-corrected chi connectivity index (χ0v) is 12.8. The Morgan fingerprint density at radius 1 is 1.25 bits per heavy atom. The van der Waals surface area contributed by atoms with Crippen LogP contribution in [0.25, 0.3) is 11.3 Å². The first-order valence-electron chi connectivity index (χ1n) is 6.09. The van der Waals surface area contributed by atoms with Crippen LogP contribution in [0.4, 0.5) is 18.9 Å². The molecule has 0 fully saturated rings. The molecule has 6 nitrogen and oxygen atoms in total. The van der Waals surface area contributed by atoms with Gasteiger partial charge in [0.05, 0.1) is 15.7 Å². The van der Waals surface area contributed by atoms with Gasteiger partial charge in [-0.25, -0.2) is 14.2 Å². The van der Waals surface area contributed by atoms with Crippen molar-refractivity contribution < 1.29 is 32.5 Å². The van der Waals surface area contributed by atoms with Crippen LogP contribution in [0.5, 0.6) is 11.5 Å². The smallest absolute Gasteiger partial charge is 0.476 e. The number of anilines is 1. The molecule has 2 aromatic rings. The largest absolute Gasteiger partial charge is 0.586 e. The number of hydrogen-bond acceptors (Lipinski definition) is 5. The van der Waals surface area contributed by atoms with E-state index in [1.165, 1.54) is 0 Å². The van der Waals surface area contributed by atoms with E-state index >= 15 is 0 Å². The first-order valence-corrected chi connectivity index (χ1v) is 6.84. The van der Waals surface area contributed by atoms with E-state index < -0.39 is 51.7 Å². The molecule has 0 aliphatic carbocycles. The predicted molar refractivity (Wildman–Crippen MR) is 77.2 cm³/mol. The number of fused-ring (bicyclic) bond motifs is 1. The third-order valence-corrected chi connectivity index (χ3v) is 3.76. The van der Waals surface area contributed by atoms with Crippen LogP contribution in [0.3, 0.4) is 0 Å². The van der Waals surface area contributed by atoms with Crippen molar-refractivity contribution in [1.82, 2.24) is 4.98 Å². The van der Waals surface area contributed by atoms with E-state index in [1.54, 1.807) is 0 Å². The Kier molecular flexibility index (Phi) is 3.65. The van der Waals surface area contributed by atoms with Crippen LogP contribution in [0.2, 0.25) is 10.0 Å². The van der Waals surface area contributed by atoms with Crippen molar-refractivity contribution in [2.24, 2.45) is 0 Å². The lowest BCUT2D eigenvalue weighted by molar-refractivity contribution is -0.286. The average molecular weight is 381 g/mol. The second-order valence-electron chi connectivity index (χ2n) is 4.58. The molecule has 0 saturated heterocycles. The molecule has 24 heavy (non-hydrogen) atoms. The van der Waals surface area contributed by atoms with Crippen LogP contribution in [0.1, 0.15) is 10.5 Å². The molecule has 0 atom stereocenters. The van der Waals surface area contributed by atoms with E-state index in [4.69, 9.17) is 34.0 Å². The maximum absolute atomic E-state index is 14.4. The first-order chi connectivity index (χ1) is 11.1. The number of carboxylic acids is 1. The summed E-state index contributed by atoms with van der Waals surface area (Å²) in [6.07, 6.45) is -4.02. The van der Waals surface area contributed by atoms with Gasteiger partial charge in [0.15, 0.2) is 23.0 Å². The minimum atomic E-state index is -4.02. The number of rotatable bonds is 2. The molecule has 1 aromatic heterocycles. The van der Waals surface area contributed by atoms with Gasteiger partial charge in [-0.2, -0.15) is 0 Å². The molecule has 2 heterocycles. The number of aromatic carboxylic acids is 1. The van der Waals surface area contributed by atoms with Crippen molar-refractivity contribution in [3.8, 4) is 22.8 Å². The number of aromatic nitrogens is 1. The van der Waals surface area contributed by atoms with E-state index in [0.717, 1.165) is 12.1 Å². The minimum absolute atomic E-state index is 0.216. The van der Waals surface area contributed by atoms with E-state index in [-0.39, 0.29) is 10.6 Å². The van der Waals surface area contributed by atoms with E-state index in [9.17, 15) is 18.0 Å². The van der Waals surface area contributed by atoms with Crippen molar-refractivity contribution in [2.75, 3.05) is 5.73 Å². The fourth-order valence-electron chi connectivity index (χ4n) is 2.06. The first kappa shape index (κ1) is 16.5. The lowest BCUT2D eigenvalue weighted by Crippen LogP contribution is -2.26. The normalized spacial score (nSPS) is 14.7. The van der Waals surface area contributed by atoms with Gasteiger partial charge < -0.3 is 20.3 Å². The third kappa shape index (κ3) is 2.45. The third-order valence-electron chi connectivity index (χ3n) is 3.08. The van der Waals surface area contributed by atoms with Crippen molar-refractivity contribution in [3.05, 3.63) is 33.7 Å². The van der Waals surface area contributed by atoms with E-state index in [1.807, 2.05) is 0 Å². The molecule has 0 spiro atoms. The zero-order chi connectivity index (χ0) is 17.8. The minimum Gasteiger partial charge on any atom is -0.476 e. The van der Waals surface area contributed by atoms with Gasteiger partial charge in [0, 0.05) is 5.56 Å². The van der Waals surface area contributed by atoms with Gasteiger partial charge in [-0.15, -0.1) is 8.78 Å². The van der Waals surface area contributed by atoms with Gasteiger partial charge in [0.2, 0.25) is 0 Å². The van der Waals surface area contributed by atoms with Gasteiger partial charge in [0.1, 0.15) is 5.69 Å². The molecule has 11 heteroatoms. The molecular formula is C13H5Cl2F3N2O4. The van der Waals surface area contributed by atoms with Crippen LogP contribution < -0.4 is 15.2 Å². The summed E-state index contributed by atoms with van der Waals surface area (Å²) < 4.78 is 49.6. The van der Waals surface area contributed by atoms with Gasteiger partial charge >= 0.3 is 12.3 Å². The maximum atomic E-state index is 14.4. The van der Waals surface area contributed by atoms with Crippen molar-refractivity contribution in [1.29, 1.82) is 0 Å². The Morgan fingerprint density at radius 3 is 2.50 bits per heavy atom. The topological polar surface area (TPSA) is 94.7 Å². The second-order valence-corrected chi connectivity index (χ2v) is 5.36. The fraction of sp³-hybridized carbons (Fsp3) is 0.0769. The van der Waals surface area contributed by atoms with Gasteiger partial charge in [-0.05, 0) is 12.1 Å². The standard InChI is InChI=1S/C13H5Cl2F3N2O4/c14-4-2-1-3(10-11(4)24-13(17,18)23-10)8-6(16)7(19)5(15)9(20-8)12(21)22/h1-2H,(H2,19,20)(H,21,22). The Balaban J connectivity index is 2.30. The Hall–Kier alpha value is -2.39. The molecule has 0 unspecified atom stereocenters. The highest BCUT2D eigenvalue weighted by Gasteiger charge is 2.46. The van der Waals surface area contributed by atoms with Gasteiger partial charge in [-0.1, -0.05) is 23.2 Å². The summed E-state index contributed by atoms with van der Waals surface area (Å²) in [5.74, 6) is -3.92. The summed E-state index contributed by atoms with van der Waals surface area (Å²) in [6.45, 7) is 0. The highest BCUT2D eigenvalue weighted by molar-refractivity contribution is 6.35. The monoisotopic (exact) mass is 380 g/mol. The number of carboxylic acid groups (broad SMARTS) is 1. The summed E-state index contributed by atoms with van der Waals surface area (Å²) in [4.78, 5) is 14.7. The number of nitrogen functional groups attached to an aromatic ring is 1. The number of nitrogens with zero attached hydrogens (tertiary/aromatic N) is 1. The Labute approximate surface area is 141 Å². The number of alkyl halides is 2. The molecule has 1 aliphatic rings. The molecule has 3 rings (SSSR count). The number of carbonyl (C=O) groups is 1. The van der Waals surface area contributed by atoms with Gasteiger partial charge in [0.25, 0.3) is 0 Å². The molecule has 1 aromatic carbocycles. The highest BCUT2D eigenvalue weighted by atomic mass is 35.5. The molecule has 0 bridgehead atoms. The number of nitrogens with two attached hydrogens (primary N) is 1. The van der Waals surface area contributed by atoms with Crippen LogP contribution in [-0.2, 0) is 0 Å². The quantitative estimate of drug-likeness (QED) is 0.822. The summed E-state index contributed by atoms with van der Waals surface area (Å²) in [5, 5.41) is 8.22. The fourth-order valence-corrected chi connectivity index (χ4v) is 2.46. The van der Waals surface area contributed by atoms with Crippen molar-refractivity contribution in [3.63, 3.8) is 0 Å². The van der Waals surface area contributed by atoms with Crippen molar-refractivity contribution >= 4 is 34.9 Å². The predicted octanol–water partition coefficient (Wildman–Crippen LogP) is 3.80. The number of pyridine rings is 1. The lowest BCUT2D eigenvalue weighted by atomic mass is 10.1. The SMILES string of the molecule is Nc1c(F)c(-c2ccc(Cl)c3c2OC(F)(F)O3)nc(C(=O)O)c1Cl. The second kappa shape index (κ2) is 5.32. The molecule has 0 radical (unpaired) electrons. The molecular weight excluding hydrogens is 376 g/mol. The zero-order valence-electron chi connectivity index (χ0n) is 11.2. The van der Waals surface area contributed by atoms with Crippen LogP contribution in [-0.4, -0.2) is 22.4 Å². The lowest BCUT2D eigenvalue weighted by Gasteiger charge is -2.11. The highest BCUT2D eigenvalue weighted by Crippen LogP contribution is 2.51. The number of halogens is 5. The van der Waals surface area contributed by atoms with E-state index in [2.05, 4.69) is 14.5 Å². The molecule has 1 aliphatic heterocycles. The summed E-state index contributed by atoms with van der Waals surface area (Å²) >= 11 is 11.4. The Morgan fingerprint density at radius 2 is 1.88 bits per heavy atom.